The van der Waals surface area contributed by atoms with Gasteiger partial charge in [-0.15, -0.1) is 0 Å². The first kappa shape index (κ1) is 31.6. The largest absolute Gasteiger partial charge is 0.480 e. The summed E-state index contributed by atoms with van der Waals surface area (Å²) in [5.74, 6) is -4.23. The number of carboxylic acid groups (broad SMARTS) is 1. The molecule has 0 unspecified atom stereocenters. The number of nitrogens with zero attached hydrogens (tertiary/aromatic N) is 2. The third kappa shape index (κ3) is 7.35. The van der Waals surface area contributed by atoms with E-state index in [0.717, 1.165) is 27.7 Å². The predicted octanol–water partition coefficient (Wildman–Crippen LogP) is 5.36. The maximum Gasteiger partial charge on any atom is 0.411 e. The van der Waals surface area contributed by atoms with Crippen molar-refractivity contribution in [1.82, 2.24) is 9.47 Å². The Kier molecular flexibility index (Phi) is 9.27. The van der Waals surface area contributed by atoms with Gasteiger partial charge < -0.3 is 15.6 Å². The van der Waals surface area contributed by atoms with Crippen LogP contribution in [0.4, 0.5) is 19.4 Å². The van der Waals surface area contributed by atoms with Gasteiger partial charge >= 0.3 is 12.1 Å². The number of nitrogens with two attached hydrogens (primary N) is 1. The van der Waals surface area contributed by atoms with E-state index in [2.05, 4.69) is 0 Å². The Morgan fingerprint density at radius 2 is 1.55 bits per heavy atom. The number of pyridine rings is 1. The van der Waals surface area contributed by atoms with Crippen LogP contribution in [-0.4, -0.2) is 44.1 Å². The molecule has 0 aliphatic carbocycles. The number of hydrogen-bond acceptors (Lipinski definition) is 6. The fourth-order valence-electron chi connectivity index (χ4n) is 4.57. The molecule has 0 fully saturated rings. The standard InChI is InChI=1S/C33H31F2N3O6/c1-33(2,3)44-32(43)37(27(31(41)42)17-20-7-5-4-6-8-20)19-21-9-12-23(13-10-21)38-28(39)16-15-25(30(38)36)29(40)24-14-11-22(34)18-26(24)35/h4-16,18,27H,17,19,36H2,1-3H3,(H,41,42)/t27-/m0/s1. The summed E-state index contributed by atoms with van der Waals surface area (Å²) in [7, 11) is 0. The Morgan fingerprint density at radius 3 is 2.14 bits per heavy atom. The number of aliphatic carboxylic acids is 1. The van der Waals surface area contributed by atoms with Crippen LogP contribution in [0.3, 0.4) is 0 Å². The average molecular weight is 604 g/mol. The van der Waals surface area contributed by atoms with Crippen LogP contribution in [0.2, 0.25) is 0 Å². The summed E-state index contributed by atoms with van der Waals surface area (Å²) >= 11 is 0. The van der Waals surface area contributed by atoms with Crippen molar-refractivity contribution in [3.05, 3.63) is 129 Å². The number of halogens is 2. The summed E-state index contributed by atoms with van der Waals surface area (Å²) in [5.41, 5.74) is 5.67. The number of benzene rings is 3. The van der Waals surface area contributed by atoms with Crippen molar-refractivity contribution in [2.24, 2.45) is 0 Å². The normalized spacial score (nSPS) is 11.9. The Morgan fingerprint density at radius 1 is 0.909 bits per heavy atom. The Labute approximate surface area is 252 Å². The molecule has 4 rings (SSSR count). The molecule has 3 N–H and O–H groups in total. The van der Waals surface area contributed by atoms with Crippen LogP contribution in [0.15, 0.2) is 89.7 Å². The Balaban J connectivity index is 1.66. The van der Waals surface area contributed by atoms with Crippen LogP contribution in [0, 0.1) is 11.6 Å². The predicted molar refractivity (Wildman–Crippen MR) is 160 cm³/mol. The lowest BCUT2D eigenvalue weighted by atomic mass is 10.0. The molecule has 0 spiro atoms. The van der Waals surface area contributed by atoms with Gasteiger partial charge in [0.25, 0.3) is 5.56 Å². The summed E-state index contributed by atoms with van der Waals surface area (Å²) in [6.07, 6.45) is -0.779. The van der Waals surface area contributed by atoms with E-state index in [4.69, 9.17) is 10.5 Å². The zero-order valence-electron chi connectivity index (χ0n) is 24.3. The minimum absolute atomic E-state index is 0.0366. The minimum atomic E-state index is -1.25. The van der Waals surface area contributed by atoms with Crippen LogP contribution in [0.25, 0.3) is 5.69 Å². The SMILES string of the molecule is CC(C)(C)OC(=O)N(Cc1ccc(-n2c(N)c(C(=O)c3ccc(F)cc3F)ccc2=O)cc1)[C@@H](Cc1ccccc1)C(=O)O. The van der Waals surface area contributed by atoms with E-state index in [0.29, 0.717) is 17.2 Å². The van der Waals surface area contributed by atoms with Gasteiger partial charge in [0.2, 0.25) is 0 Å². The van der Waals surface area contributed by atoms with Crippen LogP contribution in [0.1, 0.15) is 47.8 Å². The summed E-state index contributed by atoms with van der Waals surface area (Å²) < 4.78 is 34.3. The number of carboxylic acids is 1. The molecule has 0 aliphatic heterocycles. The zero-order valence-corrected chi connectivity index (χ0v) is 24.3. The number of nitrogen functional groups attached to an aromatic ring is 1. The molecule has 0 radical (unpaired) electrons. The third-order valence-electron chi connectivity index (χ3n) is 6.66. The fourth-order valence-corrected chi connectivity index (χ4v) is 4.57. The average Bonchev–Trinajstić information content (AvgIpc) is 2.95. The lowest BCUT2D eigenvalue weighted by Crippen LogP contribution is -2.47. The second-order valence-electron chi connectivity index (χ2n) is 11.1. The lowest BCUT2D eigenvalue weighted by Gasteiger charge is -2.31. The smallest absolute Gasteiger partial charge is 0.411 e. The number of aromatic nitrogens is 1. The number of ketones is 1. The van der Waals surface area contributed by atoms with Gasteiger partial charge in [-0.05, 0) is 62.2 Å². The van der Waals surface area contributed by atoms with Crippen LogP contribution >= 0.6 is 0 Å². The number of anilines is 1. The molecule has 1 aromatic heterocycles. The summed E-state index contributed by atoms with van der Waals surface area (Å²) in [5, 5.41) is 10.1. The number of hydrogen-bond donors (Lipinski definition) is 2. The van der Waals surface area contributed by atoms with Crippen molar-refractivity contribution in [3.8, 4) is 5.69 Å². The third-order valence-corrected chi connectivity index (χ3v) is 6.66. The molecule has 1 heterocycles. The molecular weight excluding hydrogens is 572 g/mol. The van der Waals surface area contributed by atoms with Gasteiger partial charge in [-0.2, -0.15) is 0 Å². The quantitative estimate of drug-likeness (QED) is 0.246. The van der Waals surface area contributed by atoms with E-state index in [9.17, 15) is 33.1 Å². The summed E-state index contributed by atoms with van der Waals surface area (Å²) in [4.78, 5) is 52.6. The number of carbonyl (C=O) groups is 3. The minimum Gasteiger partial charge on any atom is -0.480 e. The molecule has 1 atom stereocenters. The fraction of sp³-hybridized carbons (Fsp3) is 0.212. The van der Waals surface area contributed by atoms with E-state index < -0.39 is 52.2 Å². The van der Waals surface area contributed by atoms with E-state index in [-0.39, 0.29) is 30.0 Å². The van der Waals surface area contributed by atoms with E-state index >= 15 is 0 Å². The van der Waals surface area contributed by atoms with E-state index in [1.54, 1.807) is 63.2 Å². The molecule has 44 heavy (non-hydrogen) atoms. The first-order valence-electron chi connectivity index (χ1n) is 13.6. The molecule has 3 aromatic carbocycles. The van der Waals surface area contributed by atoms with E-state index in [1.165, 1.54) is 18.2 Å². The van der Waals surface area contributed by atoms with E-state index in [1.807, 2.05) is 0 Å². The Bertz CT molecular complexity index is 1750. The second-order valence-corrected chi connectivity index (χ2v) is 11.1. The van der Waals surface area contributed by atoms with Crippen LogP contribution < -0.4 is 11.3 Å². The lowest BCUT2D eigenvalue weighted by molar-refractivity contribution is -0.143. The van der Waals surface area contributed by atoms with Gasteiger partial charge in [0, 0.05) is 25.1 Å². The topological polar surface area (TPSA) is 132 Å². The first-order chi connectivity index (χ1) is 20.7. The number of rotatable bonds is 9. The molecule has 0 aliphatic rings. The molecule has 1 amide bonds. The molecular formula is C33H31F2N3O6. The van der Waals surface area contributed by atoms with Gasteiger partial charge in [0.05, 0.1) is 16.8 Å². The molecule has 9 nitrogen and oxygen atoms in total. The number of ether oxygens (including phenoxy) is 1. The van der Waals surface area contributed by atoms with Crippen molar-refractivity contribution in [2.45, 2.75) is 45.4 Å². The van der Waals surface area contributed by atoms with Gasteiger partial charge in [-0.25, -0.2) is 18.4 Å². The highest BCUT2D eigenvalue weighted by Crippen LogP contribution is 2.23. The molecule has 0 saturated heterocycles. The van der Waals surface area contributed by atoms with Crippen molar-refractivity contribution in [3.63, 3.8) is 0 Å². The Hall–Kier alpha value is -5.32. The molecule has 228 valence electrons. The van der Waals surface area contributed by atoms with Gasteiger partial charge in [-0.1, -0.05) is 42.5 Å². The number of carbonyl (C=O) groups excluding carboxylic acids is 2. The maximum absolute atomic E-state index is 14.3. The highest BCUT2D eigenvalue weighted by atomic mass is 19.1. The van der Waals surface area contributed by atoms with Crippen molar-refractivity contribution < 1.29 is 33.0 Å². The van der Waals surface area contributed by atoms with Crippen LogP contribution in [-0.2, 0) is 22.5 Å². The molecule has 11 heteroatoms. The van der Waals surface area contributed by atoms with Gasteiger partial charge in [0.15, 0.2) is 5.78 Å². The first-order valence-corrected chi connectivity index (χ1v) is 13.6. The molecule has 0 saturated carbocycles. The number of amides is 1. The van der Waals surface area contributed by atoms with Crippen molar-refractivity contribution in [1.29, 1.82) is 0 Å². The van der Waals surface area contributed by atoms with Gasteiger partial charge in [0.1, 0.15) is 29.1 Å². The van der Waals surface area contributed by atoms with Gasteiger partial charge in [-0.3, -0.25) is 19.1 Å². The summed E-state index contributed by atoms with van der Waals surface area (Å²) in [6, 6.07) is 18.6. The highest BCUT2D eigenvalue weighted by molar-refractivity contribution is 6.11. The summed E-state index contributed by atoms with van der Waals surface area (Å²) in [6.45, 7) is 4.90. The second kappa shape index (κ2) is 12.9. The van der Waals surface area contributed by atoms with Crippen LogP contribution in [0.5, 0.6) is 0 Å². The maximum atomic E-state index is 14.3. The molecule has 0 bridgehead atoms. The zero-order chi connectivity index (χ0) is 32.2. The molecule has 4 aromatic rings. The highest BCUT2D eigenvalue weighted by Gasteiger charge is 2.33. The van der Waals surface area contributed by atoms with Crippen molar-refractivity contribution >= 4 is 23.7 Å². The van der Waals surface area contributed by atoms with Crippen molar-refractivity contribution in [2.75, 3.05) is 5.73 Å². The monoisotopic (exact) mass is 603 g/mol.